The van der Waals surface area contributed by atoms with E-state index in [4.69, 9.17) is 16.7 Å². The largest absolute Gasteiger partial charge is 0.478 e. The minimum atomic E-state index is -1.01. The highest BCUT2D eigenvalue weighted by Crippen LogP contribution is 2.29. The average molecular weight is 283 g/mol. The molecule has 0 bridgehead atoms. The van der Waals surface area contributed by atoms with Gasteiger partial charge in [0.25, 0.3) is 0 Å². The minimum absolute atomic E-state index is 0.116. The molecule has 1 aromatic heterocycles. The molecule has 5 heteroatoms. The predicted octanol–water partition coefficient (Wildman–Crippen LogP) is 3.81. The molecule has 1 aliphatic carbocycles. The van der Waals surface area contributed by atoms with Crippen LogP contribution in [-0.2, 0) is 0 Å². The maximum absolute atomic E-state index is 10.8. The van der Waals surface area contributed by atoms with Gasteiger partial charge in [0.15, 0.2) is 0 Å². The van der Waals surface area contributed by atoms with Crippen LogP contribution in [0.1, 0.15) is 49.4 Å². The summed E-state index contributed by atoms with van der Waals surface area (Å²) in [6.07, 6.45) is 7.31. The van der Waals surface area contributed by atoms with Crippen molar-refractivity contribution in [2.45, 2.75) is 45.1 Å². The molecule has 0 unspecified atom stereocenters. The number of hydrogen-bond acceptors (Lipinski definition) is 3. The van der Waals surface area contributed by atoms with Crippen LogP contribution >= 0.6 is 11.6 Å². The second-order valence-corrected chi connectivity index (χ2v) is 5.54. The third-order valence-electron chi connectivity index (χ3n) is 3.85. The molecule has 0 aromatic carbocycles. The van der Waals surface area contributed by atoms with E-state index >= 15 is 0 Å². The van der Waals surface area contributed by atoms with Gasteiger partial charge in [-0.1, -0.05) is 24.9 Å². The third-order valence-corrected chi connectivity index (χ3v) is 4.14. The summed E-state index contributed by atoms with van der Waals surface area (Å²) in [5, 5.41) is 12.6. The summed E-state index contributed by atoms with van der Waals surface area (Å²) in [5.74, 6) is 0.423. The van der Waals surface area contributed by atoms with Crippen LogP contribution in [0.15, 0.2) is 12.3 Å². The highest BCUT2D eigenvalue weighted by Gasteiger charge is 2.21. The SMILES string of the molecule is CCC1CCC(Nc2ncc(C(=O)O)cc2Cl)CC1. The third kappa shape index (κ3) is 3.60. The molecule has 1 fully saturated rings. The number of anilines is 1. The van der Waals surface area contributed by atoms with Gasteiger partial charge in [0.2, 0.25) is 0 Å². The summed E-state index contributed by atoms with van der Waals surface area (Å²) >= 11 is 6.06. The molecule has 0 saturated heterocycles. The first-order chi connectivity index (χ1) is 9.10. The van der Waals surface area contributed by atoms with E-state index in [0.29, 0.717) is 16.9 Å². The van der Waals surface area contributed by atoms with Gasteiger partial charge in [-0.3, -0.25) is 0 Å². The molecule has 4 nitrogen and oxygen atoms in total. The Morgan fingerprint density at radius 3 is 2.68 bits per heavy atom. The number of carboxylic acid groups (broad SMARTS) is 1. The fourth-order valence-electron chi connectivity index (χ4n) is 2.57. The zero-order chi connectivity index (χ0) is 13.8. The summed E-state index contributed by atoms with van der Waals surface area (Å²) in [6.45, 7) is 2.24. The first-order valence-corrected chi connectivity index (χ1v) is 7.13. The summed E-state index contributed by atoms with van der Waals surface area (Å²) in [5.41, 5.74) is 0.116. The topological polar surface area (TPSA) is 62.2 Å². The van der Waals surface area contributed by atoms with Crippen LogP contribution in [0.2, 0.25) is 5.02 Å². The molecular weight excluding hydrogens is 264 g/mol. The van der Waals surface area contributed by atoms with Crippen LogP contribution in [0.3, 0.4) is 0 Å². The van der Waals surface area contributed by atoms with Crippen molar-refractivity contribution in [2.75, 3.05) is 5.32 Å². The van der Waals surface area contributed by atoms with Crippen LogP contribution in [0, 0.1) is 5.92 Å². The lowest BCUT2D eigenvalue weighted by Crippen LogP contribution is -2.26. The van der Waals surface area contributed by atoms with Gasteiger partial charge < -0.3 is 10.4 Å². The van der Waals surface area contributed by atoms with Crippen molar-refractivity contribution in [1.29, 1.82) is 0 Å². The van der Waals surface area contributed by atoms with Gasteiger partial charge in [0.1, 0.15) is 5.82 Å². The lowest BCUT2D eigenvalue weighted by Gasteiger charge is -2.29. The quantitative estimate of drug-likeness (QED) is 0.881. The second kappa shape index (κ2) is 6.24. The van der Waals surface area contributed by atoms with E-state index in [2.05, 4.69) is 17.2 Å². The van der Waals surface area contributed by atoms with Crippen LogP contribution < -0.4 is 5.32 Å². The van der Waals surface area contributed by atoms with E-state index < -0.39 is 5.97 Å². The smallest absolute Gasteiger partial charge is 0.337 e. The van der Waals surface area contributed by atoms with Crippen molar-refractivity contribution < 1.29 is 9.90 Å². The number of carbonyl (C=O) groups is 1. The standard InChI is InChI=1S/C14H19ClN2O2/c1-2-9-3-5-11(6-4-9)17-13-12(15)7-10(8-16-13)14(18)19/h7-9,11H,2-6H2,1H3,(H,16,17)(H,18,19). The summed E-state index contributed by atoms with van der Waals surface area (Å²) in [7, 11) is 0. The van der Waals surface area contributed by atoms with Crippen LogP contribution in [0.25, 0.3) is 0 Å². The maximum Gasteiger partial charge on any atom is 0.337 e. The lowest BCUT2D eigenvalue weighted by molar-refractivity contribution is 0.0696. The van der Waals surface area contributed by atoms with E-state index in [1.165, 1.54) is 31.5 Å². The summed E-state index contributed by atoms with van der Waals surface area (Å²) in [6, 6.07) is 1.83. The number of nitrogens with one attached hydrogen (secondary N) is 1. The van der Waals surface area contributed by atoms with Crippen LogP contribution in [-0.4, -0.2) is 22.1 Å². The first kappa shape index (κ1) is 14.1. The molecular formula is C14H19ClN2O2. The highest BCUT2D eigenvalue weighted by atomic mass is 35.5. The Labute approximate surface area is 118 Å². The Bertz CT molecular complexity index is 457. The van der Waals surface area contributed by atoms with Crippen molar-refractivity contribution in [2.24, 2.45) is 5.92 Å². The minimum Gasteiger partial charge on any atom is -0.478 e. The Balaban J connectivity index is 1.98. The monoisotopic (exact) mass is 282 g/mol. The van der Waals surface area contributed by atoms with Crippen LogP contribution in [0.4, 0.5) is 5.82 Å². The van der Waals surface area contributed by atoms with Gasteiger partial charge in [-0.15, -0.1) is 0 Å². The predicted molar refractivity (Wildman–Crippen MR) is 75.9 cm³/mol. The lowest BCUT2D eigenvalue weighted by atomic mass is 9.84. The van der Waals surface area contributed by atoms with Crippen molar-refractivity contribution in [1.82, 2.24) is 4.98 Å². The van der Waals surface area contributed by atoms with E-state index in [9.17, 15) is 4.79 Å². The fraction of sp³-hybridized carbons (Fsp3) is 0.571. The Hall–Kier alpha value is -1.29. The summed E-state index contributed by atoms with van der Waals surface area (Å²) in [4.78, 5) is 14.9. The normalized spacial score (nSPS) is 23.1. The van der Waals surface area contributed by atoms with Gasteiger partial charge in [-0.2, -0.15) is 0 Å². The number of hydrogen-bond donors (Lipinski definition) is 2. The van der Waals surface area contributed by atoms with Crippen molar-refractivity contribution in [3.05, 3.63) is 22.8 Å². The molecule has 0 radical (unpaired) electrons. The molecule has 1 saturated carbocycles. The van der Waals surface area contributed by atoms with Crippen molar-refractivity contribution in [3.8, 4) is 0 Å². The number of aromatic nitrogens is 1. The van der Waals surface area contributed by atoms with Gasteiger partial charge in [-0.05, 0) is 37.7 Å². The first-order valence-electron chi connectivity index (χ1n) is 6.75. The molecule has 1 aromatic rings. The molecule has 104 valence electrons. The van der Waals surface area contributed by atoms with Gasteiger partial charge in [0, 0.05) is 12.2 Å². The van der Waals surface area contributed by atoms with E-state index in [1.807, 2.05) is 0 Å². The fourth-order valence-corrected chi connectivity index (χ4v) is 2.79. The molecule has 1 heterocycles. The van der Waals surface area contributed by atoms with Gasteiger partial charge in [0.05, 0.1) is 10.6 Å². The van der Waals surface area contributed by atoms with Gasteiger partial charge in [-0.25, -0.2) is 9.78 Å². The number of pyridine rings is 1. The molecule has 2 N–H and O–H groups in total. The zero-order valence-electron chi connectivity index (χ0n) is 11.0. The van der Waals surface area contributed by atoms with Gasteiger partial charge >= 0.3 is 5.97 Å². The second-order valence-electron chi connectivity index (χ2n) is 5.13. The molecule has 0 spiro atoms. The van der Waals surface area contributed by atoms with E-state index in [-0.39, 0.29) is 5.56 Å². The maximum atomic E-state index is 10.8. The number of carboxylic acids is 1. The number of rotatable bonds is 4. The number of halogens is 1. The van der Waals surface area contributed by atoms with Crippen molar-refractivity contribution >= 4 is 23.4 Å². The Morgan fingerprint density at radius 1 is 1.47 bits per heavy atom. The summed E-state index contributed by atoms with van der Waals surface area (Å²) < 4.78 is 0. The molecule has 1 aliphatic rings. The zero-order valence-corrected chi connectivity index (χ0v) is 11.8. The highest BCUT2D eigenvalue weighted by molar-refractivity contribution is 6.33. The Kier molecular flexibility index (Phi) is 4.64. The number of aromatic carboxylic acids is 1. The van der Waals surface area contributed by atoms with Crippen molar-refractivity contribution in [3.63, 3.8) is 0 Å². The number of nitrogens with zero attached hydrogens (tertiary/aromatic N) is 1. The molecule has 0 atom stereocenters. The Morgan fingerprint density at radius 2 is 2.16 bits per heavy atom. The van der Waals surface area contributed by atoms with E-state index in [0.717, 1.165) is 18.8 Å². The average Bonchev–Trinajstić information content (AvgIpc) is 2.41. The van der Waals surface area contributed by atoms with E-state index in [1.54, 1.807) is 0 Å². The van der Waals surface area contributed by atoms with Crippen LogP contribution in [0.5, 0.6) is 0 Å². The molecule has 0 aliphatic heterocycles. The molecule has 2 rings (SSSR count). The molecule has 19 heavy (non-hydrogen) atoms. The molecule has 0 amide bonds.